The molecule has 0 saturated carbocycles. The summed E-state index contributed by atoms with van der Waals surface area (Å²) in [6.07, 6.45) is 4.26. The fraction of sp³-hybridized carbons (Fsp3) is 0.136. The van der Waals surface area contributed by atoms with Crippen molar-refractivity contribution in [2.45, 2.75) is 24.7 Å². The van der Waals surface area contributed by atoms with Crippen LogP contribution in [0, 0.1) is 6.92 Å². The molecule has 0 atom stereocenters. The van der Waals surface area contributed by atoms with Crippen molar-refractivity contribution in [3.63, 3.8) is 0 Å². The van der Waals surface area contributed by atoms with Crippen LogP contribution in [0.25, 0.3) is 5.65 Å². The number of amides is 1. The molecule has 4 aromatic rings. The van der Waals surface area contributed by atoms with Crippen molar-refractivity contribution >= 4 is 33.1 Å². The fourth-order valence-corrected chi connectivity index (χ4v) is 4.27. The van der Waals surface area contributed by atoms with E-state index >= 15 is 0 Å². The summed E-state index contributed by atoms with van der Waals surface area (Å²) in [7, 11) is -3.76. The summed E-state index contributed by atoms with van der Waals surface area (Å²) in [4.78, 5) is 20.9. The van der Waals surface area contributed by atoms with E-state index in [1.807, 2.05) is 35.7 Å². The Hall–Kier alpha value is -3.72. The zero-order valence-electron chi connectivity index (χ0n) is 16.8. The Labute approximate surface area is 180 Å². The zero-order chi connectivity index (χ0) is 21.8. The van der Waals surface area contributed by atoms with Crippen molar-refractivity contribution in [3.8, 4) is 0 Å². The summed E-state index contributed by atoms with van der Waals surface area (Å²) in [5.74, 6) is 0.0788. The van der Waals surface area contributed by atoms with Gasteiger partial charge in [-0.15, -0.1) is 0 Å². The first-order valence-corrected chi connectivity index (χ1v) is 11.2. The number of carbonyl (C=O) groups is 1. The van der Waals surface area contributed by atoms with E-state index in [2.05, 4.69) is 20.0 Å². The third-order valence-corrected chi connectivity index (χ3v) is 6.14. The average molecular weight is 436 g/mol. The molecule has 0 aliphatic rings. The van der Waals surface area contributed by atoms with Gasteiger partial charge in [0, 0.05) is 30.2 Å². The molecule has 0 aliphatic heterocycles. The second-order valence-corrected chi connectivity index (χ2v) is 8.65. The number of nitrogens with one attached hydrogen (secondary N) is 2. The molecule has 31 heavy (non-hydrogen) atoms. The maximum atomic E-state index is 12.5. The summed E-state index contributed by atoms with van der Waals surface area (Å²) in [5, 5.41) is 2.80. The largest absolute Gasteiger partial charge is 0.326 e. The number of hydrogen-bond donors (Lipinski definition) is 2. The van der Waals surface area contributed by atoms with E-state index in [0.717, 1.165) is 17.0 Å². The smallest absolute Gasteiger partial charge is 0.263 e. The topological polar surface area (TPSA) is 105 Å². The van der Waals surface area contributed by atoms with E-state index in [9.17, 15) is 13.2 Å². The van der Waals surface area contributed by atoms with Gasteiger partial charge in [0.2, 0.25) is 5.91 Å². The van der Waals surface area contributed by atoms with Crippen LogP contribution in [-0.2, 0) is 21.2 Å². The third kappa shape index (κ3) is 4.72. The maximum Gasteiger partial charge on any atom is 0.263 e. The minimum Gasteiger partial charge on any atom is -0.326 e. The number of benzene rings is 1. The van der Waals surface area contributed by atoms with E-state index < -0.39 is 10.0 Å². The fourth-order valence-electron chi connectivity index (χ4n) is 3.26. The van der Waals surface area contributed by atoms with Crippen molar-refractivity contribution in [2.75, 3.05) is 10.0 Å². The second-order valence-electron chi connectivity index (χ2n) is 6.97. The van der Waals surface area contributed by atoms with Crippen LogP contribution in [0.2, 0.25) is 0 Å². The van der Waals surface area contributed by atoms with E-state index in [1.165, 1.54) is 18.3 Å². The predicted molar refractivity (Wildman–Crippen MR) is 118 cm³/mol. The van der Waals surface area contributed by atoms with Crippen molar-refractivity contribution in [1.29, 1.82) is 0 Å². The van der Waals surface area contributed by atoms with Crippen molar-refractivity contribution < 1.29 is 13.2 Å². The number of rotatable bonds is 7. The number of nitrogens with zero attached hydrogens (tertiary/aromatic N) is 3. The Morgan fingerprint density at radius 3 is 2.55 bits per heavy atom. The number of fused-ring (bicyclic) bond motifs is 1. The van der Waals surface area contributed by atoms with Gasteiger partial charge in [-0.2, -0.15) is 0 Å². The second kappa shape index (κ2) is 8.57. The summed E-state index contributed by atoms with van der Waals surface area (Å²) in [5.41, 5.74) is 3.27. The lowest BCUT2D eigenvalue weighted by atomic mass is 10.2. The highest BCUT2D eigenvalue weighted by atomic mass is 32.2. The molecule has 3 aromatic heterocycles. The molecular weight excluding hydrogens is 414 g/mol. The lowest BCUT2D eigenvalue weighted by molar-refractivity contribution is -0.116. The molecular formula is C22H21N5O3S. The molecule has 0 saturated heterocycles. The van der Waals surface area contributed by atoms with Crippen molar-refractivity contribution in [2.24, 2.45) is 0 Å². The van der Waals surface area contributed by atoms with Gasteiger partial charge in [-0.1, -0.05) is 12.1 Å². The van der Waals surface area contributed by atoms with Crippen LogP contribution in [0.15, 0.2) is 78.0 Å². The molecule has 3 heterocycles. The highest BCUT2D eigenvalue weighted by molar-refractivity contribution is 7.92. The number of sulfonamides is 1. The van der Waals surface area contributed by atoms with Gasteiger partial charge in [-0.05, 0) is 61.9 Å². The average Bonchev–Trinajstić information content (AvgIpc) is 3.08. The number of anilines is 2. The van der Waals surface area contributed by atoms with Gasteiger partial charge in [0.05, 0.1) is 10.6 Å². The summed E-state index contributed by atoms with van der Waals surface area (Å²) in [6.45, 7) is 1.93. The Bertz CT molecular complexity index is 1320. The summed E-state index contributed by atoms with van der Waals surface area (Å²) in [6, 6.07) is 16.7. The molecule has 2 N–H and O–H groups in total. The van der Waals surface area contributed by atoms with E-state index in [0.29, 0.717) is 12.1 Å². The molecule has 0 unspecified atom stereocenters. The quantitative estimate of drug-likeness (QED) is 0.463. The first-order chi connectivity index (χ1) is 14.9. The predicted octanol–water partition coefficient (Wildman–Crippen LogP) is 3.41. The Morgan fingerprint density at radius 1 is 1.03 bits per heavy atom. The summed E-state index contributed by atoms with van der Waals surface area (Å²) < 4.78 is 29.3. The number of carbonyl (C=O) groups excluding carboxylic acids is 1. The number of imidazole rings is 1. The number of aromatic nitrogens is 3. The van der Waals surface area contributed by atoms with Crippen LogP contribution in [0.1, 0.15) is 17.8 Å². The molecule has 4 rings (SSSR count). The highest BCUT2D eigenvalue weighted by Gasteiger charge is 2.15. The van der Waals surface area contributed by atoms with Gasteiger partial charge < -0.3 is 9.72 Å². The van der Waals surface area contributed by atoms with Crippen LogP contribution < -0.4 is 10.0 Å². The van der Waals surface area contributed by atoms with E-state index in [-0.39, 0.29) is 23.0 Å². The van der Waals surface area contributed by atoms with Gasteiger partial charge in [0.25, 0.3) is 10.0 Å². The van der Waals surface area contributed by atoms with Crippen molar-refractivity contribution in [3.05, 3.63) is 84.4 Å². The van der Waals surface area contributed by atoms with Gasteiger partial charge in [-0.25, -0.2) is 18.4 Å². The summed E-state index contributed by atoms with van der Waals surface area (Å²) >= 11 is 0. The molecule has 9 heteroatoms. The number of aryl methyl sites for hydroxylation is 2. The molecule has 0 fully saturated rings. The Kier molecular flexibility index (Phi) is 5.68. The molecule has 0 spiro atoms. The van der Waals surface area contributed by atoms with E-state index in [1.54, 1.807) is 30.3 Å². The zero-order valence-corrected chi connectivity index (χ0v) is 17.6. The van der Waals surface area contributed by atoms with Crippen LogP contribution >= 0.6 is 0 Å². The van der Waals surface area contributed by atoms with Gasteiger partial charge >= 0.3 is 0 Å². The molecule has 1 amide bonds. The lowest BCUT2D eigenvalue weighted by Gasteiger charge is -2.09. The highest BCUT2D eigenvalue weighted by Crippen LogP contribution is 2.18. The van der Waals surface area contributed by atoms with Crippen LogP contribution in [-0.4, -0.2) is 28.7 Å². The minimum absolute atomic E-state index is 0.0810. The Balaban J connectivity index is 1.38. The Morgan fingerprint density at radius 2 is 1.81 bits per heavy atom. The molecule has 158 valence electrons. The molecule has 0 aliphatic carbocycles. The van der Waals surface area contributed by atoms with Crippen LogP contribution in [0.3, 0.4) is 0 Å². The van der Waals surface area contributed by atoms with Gasteiger partial charge in [-0.3, -0.25) is 9.52 Å². The molecule has 8 nitrogen and oxygen atoms in total. The third-order valence-electron chi connectivity index (χ3n) is 4.77. The molecule has 0 bridgehead atoms. The van der Waals surface area contributed by atoms with Crippen LogP contribution in [0.4, 0.5) is 11.5 Å². The minimum atomic E-state index is -3.76. The SMILES string of the molecule is Cc1nc2ccccn2c1CCC(=O)Nc1ccc(S(=O)(=O)Nc2ccccn2)cc1. The maximum absolute atomic E-state index is 12.5. The molecule has 1 aromatic carbocycles. The first kappa shape index (κ1) is 20.5. The molecule has 0 radical (unpaired) electrons. The monoisotopic (exact) mass is 435 g/mol. The van der Waals surface area contributed by atoms with Gasteiger partial charge in [0.15, 0.2) is 0 Å². The number of pyridine rings is 2. The van der Waals surface area contributed by atoms with Gasteiger partial charge in [0.1, 0.15) is 11.5 Å². The normalized spacial score (nSPS) is 11.4. The number of hydrogen-bond acceptors (Lipinski definition) is 5. The standard InChI is InChI=1S/C22H21N5O3S/c1-16-19(27-15-5-3-7-21(27)24-16)12-13-22(28)25-17-8-10-18(11-9-17)31(29,30)26-20-6-2-4-14-23-20/h2-11,14-15H,12-13H2,1H3,(H,23,26)(H,25,28). The van der Waals surface area contributed by atoms with Crippen molar-refractivity contribution in [1.82, 2.24) is 14.4 Å². The lowest BCUT2D eigenvalue weighted by Crippen LogP contribution is -2.15. The van der Waals surface area contributed by atoms with Crippen LogP contribution in [0.5, 0.6) is 0 Å². The van der Waals surface area contributed by atoms with E-state index in [4.69, 9.17) is 0 Å². The first-order valence-electron chi connectivity index (χ1n) is 9.69.